The van der Waals surface area contributed by atoms with E-state index in [1.165, 1.54) is 0 Å². The van der Waals surface area contributed by atoms with Crippen LogP contribution < -0.4 is 11.1 Å². The van der Waals surface area contributed by atoms with Gasteiger partial charge in [0.2, 0.25) is 5.91 Å². The fraction of sp³-hybridized carbons (Fsp3) is 0.625. The number of carbonyl (C=O) groups excluding carboxylic acids is 2. The summed E-state index contributed by atoms with van der Waals surface area (Å²) in [5.41, 5.74) is 7.29. The van der Waals surface area contributed by atoms with Crippen LogP contribution in [0.3, 0.4) is 0 Å². The summed E-state index contributed by atoms with van der Waals surface area (Å²) in [7, 11) is 0. The smallest absolute Gasteiger partial charge is 0.272 e. The Kier molecular flexibility index (Phi) is 4.57. The molecule has 126 valence electrons. The second-order valence-corrected chi connectivity index (χ2v) is 7.34. The zero-order chi connectivity index (χ0) is 16.6. The standard InChI is InChI=1S/C16H24N4O2S/c1-3-12(14(17)21)11-4-6-19(7-5-11)15(22)13-10(2)18-16-20(13)8-9-23-16/h8-9,11-12,16,18H,3-7H2,1-2H3,(H2,17,21). The number of rotatable bonds is 4. The number of nitrogens with two attached hydrogens (primary N) is 1. The average Bonchev–Trinajstić information content (AvgIpc) is 3.07. The molecule has 3 N–H and O–H groups in total. The van der Waals surface area contributed by atoms with Crippen LogP contribution in [0.1, 0.15) is 33.1 Å². The molecule has 2 atom stereocenters. The second kappa shape index (κ2) is 6.47. The van der Waals surface area contributed by atoms with Gasteiger partial charge in [-0.1, -0.05) is 18.7 Å². The van der Waals surface area contributed by atoms with Gasteiger partial charge in [0.05, 0.1) is 0 Å². The monoisotopic (exact) mass is 336 g/mol. The molecule has 3 aliphatic heterocycles. The summed E-state index contributed by atoms with van der Waals surface area (Å²) in [5, 5.41) is 5.34. The molecule has 3 rings (SSSR count). The Morgan fingerprint density at radius 3 is 2.74 bits per heavy atom. The average molecular weight is 336 g/mol. The highest BCUT2D eigenvalue weighted by molar-refractivity contribution is 8.02. The molecule has 23 heavy (non-hydrogen) atoms. The van der Waals surface area contributed by atoms with Gasteiger partial charge >= 0.3 is 0 Å². The quantitative estimate of drug-likeness (QED) is 0.811. The first kappa shape index (κ1) is 16.2. The van der Waals surface area contributed by atoms with Gasteiger partial charge in [-0.15, -0.1) is 0 Å². The molecule has 1 fully saturated rings. The van der Waals surface area contributed by atoms with Gasteiger partial charge in [-0.25, -0.2) is 0 Å². The van der Waals surface area contributed by atoms with Gasteiger partial charge in [0, 0.05) is 30.9 Å². The Bertz CT molecular complexity index is 566. The minimum atomic E-state index is -0.210. The van der Waals surface area contributed by atoms with Crippen LogP contribution in [0.15, 0.2) is 23.0 Å². The molecule has 3 heterocycles. The SMILES string of the molecule is CCC(C(N)=O)C1CCN(C(=O)C2=C(C)NC3SC=CN23)CC1. The van der Waals surface area contributed by atoms with E-state index in [1.54, 1.807) is 11.8 Å². The number of amides is 2. The molecule has 0 radical (unpaired) electrons. The lowest BCUT2D eigenvalue weighted by Gasteiger charge is -2.35. The number of hydrogen-bond donors (Lipinski definition) is 2. The first-order valence-corrected chi connectivity index (χ1v) is 9.13. The molecule has 1 saturated heterocycles. The van der Waals surface area contributed by atoms with E-state index in [0.29, 0.717) is 19.0 Å². The number of primary amides is 1. The largest absolute Gasteiger partial charge is 0.369 e. The van der Waals surface area contributed by atoms with Crippen LogP contribution in [0.25, 0.3) is 0 Å². The summed E-state index contributed by atoms with van der Waals surface area (Å²) in [6, 6.07) is 0. The van der Waals surface area contributed by atoms with E-state index in [-0.39, 0.29) is 23.2 Å². The molecular formula is C16H24N4O2S. The van der Waals surface area contributed by atoms with Crippen molar-refractivity contribution in [1.29, 1.82) is 0 Å². The Labute approximate surface area is 141 Å². The highest BCUT2D eigenvalue weighted by Crippen LogP contribution is 2.35. The van der Waals surface area contributed by atoms with Crippen molar-refractivity contribution in [1.82, 2.24) is 15.1 Å². The van der Waals surface area contributed by atoms with Crippen molar-refractivity contribution in [3.8, 4) is 0 Å². The van der Waals surface area contributed by atoms with Crippen molar-refractivity contribution in [2.75, 3.05) is 13.1 Å². The highest BCUT2D eigenvalue weighted by Gasteiger charge is 2.38. The van der Waals surface area contributed by atoms with Gasteiger partial charge in [0.15, 0.2) is 5.50 Å². The van der Waals surface area contributed by atoms with Crippen LogP contribution in [0.2, 0.25) is 0 Å². The zero-order valence-corrected chi connectivity index (χ0v) is 14.4. The Balaban J connectivity index is 1.64. The molecule has 0 aromatic heterocycles. The summed E-state index contributed by atoms with van der Waals surface area (Å²) >= 11 is 1.67. The molecule has 0 bridgehead atoms. The molecular weight excluding hydrogens is 312 g/mol. The lowest BCUT2D eigenvalue weighted by atomic mass is 9.82. The van der Waals surface area contributed by atoms with Gasteiger partial charge in [0.1, 0.15) is 5.70 Å². The van der Waals surface area contributed by atoms with Crippen molar-refractivity contribution >= 4 is 23.6 Å². The lowest BCUT2D eigenvalue weighted by Crippen LogP contribution is -2.44. The molecule has 7 heteroatoms. The van der Waals surface area contributed by atoms with Gasteiger partial charge < -0.3 is 20.9 Å². The third-order valence-corrected chi connectivity index (χ3v) is 5.92. The third-order valence-electron chi connectivity index (χ3n) is 5.04. The molecule has 3 aliphatic rings. The predicted octanol–water partition coefficient (Wildman–Crippen LogP) is 1.37. The van der Waals surface area contributed by atoms with Crippen molar-refractivity contribution in [3.63, 3.8) is 0 Å². The van der Waals surface area contributed by atoms with Crippen molar-refractivity contribution in [3.05, 3.63) is 23.0 Å². The Morgan fingerprint density at radius 1 is 1.43 bits per heavy atom. The van der Waals surface area contributed by atoms with Gasteiger partial charge in [-0.05, 0) is 37.5 Å². The number of nitrogens with zero attached hydrogens (tertiary/aromatic N) is 2. The maximum Gasteiger partial charge on any atom is 0.272 e. The lowest BCUT2D eigenvalue weighted by molar-refractivity contribution is -0.130. The van der Waals surface area contributed by atoms with Crippen LogP contribution in [-0.2, 0) is 9.59 Å². The molecule has 0 spiro atoms. The highest BCUT2D eigenvalue weighted by atomic mass is 32.2. The number of hydrogen-bond acceptors (Lipinski definition) is 5. The van der Waals surface area contributed by atoms with E-state index in [9.17, 15) is 9.59 Å². The number of fused-ring (bicyclic) bond motifs is 1. The number of thioether (sulfide) groups is 1. The number of carbonyl (C=O) groups is 2. The molecule has 0 aromatic rings. The van der Waals surface area contributed by atoms with Crippen LogP contribution in [0, 0.1) is 11.8 Å². The molecule has 2 unspecified atom stereocenters. The van der Waals surface area contributed by atoms with E-state index < -0.39 is 0 Å². The van der Waals surface area contributed by atoms with E-state index in [2.05, 4.69) is 5.32 Å². The minimum absolute atomic E-state index is 0.0661. The number of piperidine rings is 1. The fourth-order valence-corrected chi connectivity index (χ4v) is 4.66. The normalized spacial score (nSPS) is 25.6. The molecule has 0 aliphatic carbocycles. The van der Waals surface area contributed by atoms with Crippen molar-refractivity contribution in [2.24, 2.45) is 17.6 Å². The van der Waals surface area contributed by atoms with Crippen LogP contribution in [0.5, 0.6) is 0 Å². The fourth-order valence-electron chi connectivity index (χ4n) is 3.75. The summed E-state index contributed by atoms with van der Waals surface area (Å²) in [6.45, 7) is 5.34. The topological polar surface area (TPSA) is 78.7 Å². The Hall–Kier alpha value is -1.63. The van der Waals surface area contributed by atoms with Gasteiger partial charge in [-0.3, -0.25) is 9.59 Å². The van der Waals surface area contributed by atoms with E-state index in [1.807, 2.05) is 35.3 Å². The number of allylic oxidation sites excluding steroid dienone is 1. The summed E-state index contributed by atoms with van der Waals surface area (Å²) < 4.78 is 0. The number of likely N-dealkylation sites (tertiary alicyclic amines) is 1. The molecule has 0 saturated carbocycles. The third kappa shape index (κ3) is 2.94. The molecule has 2 amide bonds. The van der Waals surface area contributed by atoms with Crippen molar-refractivity contribution in [2.45, 2.75) is 38.6 Å². The van der Waals surface area contributed by atoms with Crippen LogP contribution in [-0.4, -0.2) is 40.2 Å². The predicted molar refractivity (Wildman–Crippen MR) is 90.5 cm³/mol. The first-order chi connectivity index (χ1) is 11.0. The van der Waals surface area contributed by atoms with Crippen LogP contribution in [0.4, 0.5) is 0 Å². The van der Waals surface area contributed by atoms with Gasteiger partial charge in [0.25, 0.3) is 5.91 Å². The molecule has 0 aromatic carbocycles. The minimum Gasteiger partial charge on any atom is -0.369 e. The van der Waals surface area contributed by atoms with Crippen molar-refractivity contribution < 1.29 is 9.59 Å². The maximum absolute atomic E-state index is 12.9. The summed E-state index contributed by atoms with van der Waals surface area (Å²) in [5.74, 6) is 0.102. The van der Waals surface area contributed by atoms with E-state index >= 15 is 0 Å². The van der Waals surface area contributed by atoms with E-state index in [0.717, 1.165) is 30.7 Å². The zero-order valence-electron chi connectivity index (χ0n) is 13.6. The second-order valence-electron chi connectivity index (χ2n) is 6.35. The summed E-state index contributed by atoms with van der Waals surface area (Å²) in [4.78, 5) is 28.3. The molecule has 6 nitrogen and oxygen atoms in total. The summed E-state index contributed by atoms with van der Waals surface area (Å²) in [6.07, 6.45) is 4.43. The maximum atomic E-state index is 12.9. The number of nitrogens with one attached hydrogen (secondary N) is 1. The first-order valence-electron chi connectivity index (χ1n) is 8.19. The van der Waals surface area contributed by atoms with Gasteiger partial charge in [-0.2, -0.15) is 0 Å². The van der Waals surface area contributed by atoms with E-state index in [4.69, 9.17) is 5.73 Å². The van der Waals surface area contributed by atoms with Crippen LogP contribution >= 0.6 is 11.8 Å². The Morgan fingerprint density at radius 2 is 2.13 bits per heavy atom.